The van der Waals surface area contributed by atoms with Crippen molar-refractivity contribution in [1.29, 1.82) is 0 Å². The molecule has 0 bridgehead atoms. The first-order valence-corrected chi connectivity index (χ1v) is 13.1. The maximum atomic E-state index is 7.34. The van der Waals surface area contributed by atoms with Crippen molar-refractivity contribution >= 4 is 5.57 Å². The Morgan fingerprint density at radius 1 is 0.865 bits per heavy atom. The Balaban J connectivity index is 1.46. The molecule has 0 radical (unpaired) electrons. The Morgan fingerprint density at radius 3 is 2.38 bits per heavy atom. The van der Waals surface area contributed by atoms with Crippen molar-refractivity contribution in [3.63, 3.8) is 0 Å². The van der Waals surface area contributed by atoms with Gasteiger partial charge in [0.2, 0.25) is 0 Å². The molecule has 2 atom stereocenters. The highest BCUT2D eigenvalue weighted by Gasteiger charge is 2.49. The van der Waals surface area contributed by atoms with Gasteiger partial charge in [0.25, 0.3) is 0 Å². The topological polar surface area (TPSA) is 18.5 Å². The van der Waals surface area contributed by atoms with Crippen molar-refractivity contribution < 1.29 is 9.47 Å². The van der Waals surface area contributed by atoms with Gasteiger partial charge < -0.3 is 9.47 Å². The van der Waals surface area contributed by atoms with Crippen LogP contribution >= 0.6 is 0 Å². The van der Waals surface area contributed by atoms with Gasteiger partial charge in [0.1, 0.15) is 11.5 Å². The molecule has 3 aromatic rings. The predicted octanol–water partition coefficient (Wildman–Crippen LogP) is 8.04. The Bertz CT molecular complexity index is 1560. The molecular weight excluding hydrogens is 452 g/mol. The highest BCUT2D eigenvalue weighted by molar-refractivity contribution is 5.95. The first kappa shape index (κ1) is 22.2. The molecule has 0 saturated carbocycles. The third-order valence-electron chi connectivity index (χ3n) is 8.52. The second-order valence-corrected chi connectivity index (χ2v) is 10.8. The monoisotopic (exact) mass is 482 g/mol. The van der Waals surface area contributed by atoms with Crippen LogP contribution in [0, 0.1) is 5.92 Å². The fourth-order valence-electron chi connectivity index (χ4n) is 6.75. The standard InChI is InChI=1S/C35H30O2/c1-34(2)30-16-10-9-15-28(30)31-26-13-7-8-14-27(26)33-29(32(31)34)21-22-35(37-33,23-11-5-4-6-12-23)24-17-19-25(36-3)20-18-24/h4-13,15-22,27H,14H2,1-3H3. The van der Waals surface area contributed by atoms with Gasteiger partial charge in [-0.1, -0.05) is 105 Å². The Kier molecular flexibility index (Phi) is 4.78. The number of rotatable bonds is 3. The molecule has 0 amide bonds. The van der Waals surface area contributed by atoms with Gasteiger partial charge in [-0.2, -0.15) is 0 Å². The molecule has 182 valence electrons. The zero-order valence-electron chi connectivity index (χ0n) is 21.5. The number of ether oxygens (including phenoxy) is 2. The minimum atomic E-state index is -0.716. The first-order chi connectivity index (χ1) is 18.0. The SMILES string of the molecule is COc1ccc(C2(c3ccccc3)C=CC3=C(O2)C2CC=CC=C2C2=C3C(C)(C)c3ccccc32)cc1. The Hall–Kier alpha value is -4.04. The van der Waals surface area contributed by atoms with Crippen molar-refractivity contribution in [3.8, 4) is 5.75 Å². The van der Waals surface area contributed by atoms with Crippen molar-refractivity contribution in [1.82, 2.24) is 0 Å². The number of methoxy groups -OCH3 is 1. The molecule has 3 aliphatic carbocycles. The molecule has 0 saturated heterocycles. The third-order valence-corrected chi connectivity index (χ3v) is 8.52. The summed E-state index contributed by atoms with van der Waals surface area (Å²) in [6.45, 7) is 4.71. The van der Waals surface area contributed by atoms with Crippen LogP contribution in [0.15, 0.2) is 132 Å². The number of fused-ring (bicyclic) bond motifs is 6. The molecule has 0 aromatic heterocycles. The van der Waals surface area contributed by atoms with E-state index in [2.05, 4.69) is 111 Å². The zero-order chi connectivity index (χ0) is 25.2. The van der Waals surface area contributed by atoms with Gasteiger partial charge >= 0.3 is 0 Å². The van der Waals surface area contributed by atoms with Crippen LogP contribution in [0.25, 0.3) is 5.57 Å². The van der Waals surface area contributed by atoms with Gasteiger partial charge in [0.15, 0.2) is 5.60 Å². The Morgan fingerprint density at radius 2 is 1.59 bits per heavy atom. The third kappa shape index (κ3) is 3.05. The van der Waals surface area contributed by atoms with Crippen LogP contribution in [0.3, 0.4) is 0 Å². The summed E-state index contributed by atoms with van der Waals surface area (Å²) in [6, 6.07) is 27.8. The summed E-state index contributed by atoms with van der Waals surface area (Å²) in [5.41, 5.74) is 9.55. The van der Waals surface area contributed by atoms with Gasteiger partial charge in [-0.25, -0.2) is 0 Å². The molecule has 0 spiro atoms. The summed E-state index contributed by atoms with van der Waals surface area (Å²) in [5.74, 6) is 2.11. The molecule has 1 aliphatic heterocycles. The van der Waals surface area contributed by atoms with E-state index in [0.717, 1.165) is 29.1 Å². The highest BCUT2D eigenvalue weighted by atomic mass is 16.5. The van der Waals surface area contributed by atoms with Crippen molar-refractivity contribution in [2.45, 2.75) is 31.3 Å². The van der Waals surface area contributed by atoms with Crippen molar-refractivity contribution in [3.05, 3.63) is 154 Å². The van der Waals surface area contributed by atoms with E-state index in [-0.39, 0.29) is 11.3 Å². The minimum absolute atomic E-state index is 0.111. The lowest BCUT2D eigenvalue weighted by Crippen LogP contribution is -2.36. The average molecular weight is 483 g/mol. The number of hydrogen-bond acceptors (Lipinski definition) is 2. The second kappa shape index (κ2) is 7.98. The van der Waals surface area contributed by atoms with E-state index in [1.54, 1.807) is 7.11 Å². The summed E-state index contributed by atoms with van der Waals surface area (Å²) >= 11 is 0. The normalized spacial score (nSPS) is 24.5. The van der Waals surface area contributed by atoms with Crippen LogP contribution in [0.4, 0.5) is 0 Å². The smallest absolute Gasteiger partial charge is 0.177 e. The summed E-state index contributed by atoms with van der Waals surface area (Å²) in [5, 5.41) is 0. The van der Waals surface area contributed by atoms with Crippen LogP contribution < -0.4 is 4.74 Å². The molecule has 7 rings (SSSR count). The molecule has 0 N–H and O–H groups in total. The van der Waals surface area contributed by atoms with E-state index in [1.807, 2.05) is 12.1 Å². The molecule has 3 aromatic carbocycles. The van der Waals surface area contributed by atoms with Gasteiger partial charge in [0, 0.05) is 28.0 Å². The molecule has 2 nitrogen and oxygen atoms in total. The first-order valence-electron chi connectivity index (χ1n) is 13.1. The van der Waals surface area contributed by atoms with Crippen LogP contribution in [0.1, 0.15) is 42.5 Å². The van der Waals surface area contributed by atoms with E-state index < -0.39 is 5.60 Å². The van der Waals surface area contributed by atoms with Gasteiger partial charge in [0.05, 0.1) is 7.11 Å². The summed E-state index contributed by atoms with van der Waals surface area (Å²) in [4.78, 5) is 0. The lowest BCUT2D eigenvalue weighted by atomic mass is 9.69. The molecular formula is C35H30O2. The predicted molar refractivity (Wildman–Crippen MR) is 149 cm³/mol. The largest absolute Gasteiger partial charge is 0.497 e. The van der Waals surface area contributed by atoms with Gasteiger partial charge in [-0.15, -0.1) is 0 Å². The second-order valence-electron chi connectivity index (χ2n) is 10.8. The fourth-order valence-corrected chi connectivity index (χ4v) is 6.75. The lowest BCUT2D eigenvalue weighted by molar-refractivity contribution is 0.0560. The van der Waals surface area contributed by atoms with E-state index >= 15 is 0 Å². The van der Waals surface area contributed by atoms with Crippen molar-refractivity contribution in [2.75, 3.05) is 7.11 Å². The number of benzene rings is 3. The van der Waals surface area contributed by atoms with Crippen LogP contribution in [0.5, 0.6) is 5.75 Å². The number of allylic oxidation sites excluding steroid dienone is 8. The van der Waals surface area contributed by atoms with E-state index in [1.165, 1.54) is 33.4 Å². The quantitative estimate of drug-likeness (QED) is 0.376. The zero-order valence-corrected chi connectivity index (χ0v) is 21.5. The van der Waals surface area contributed by atoms with E-state index in [0.29, 0.717) is 0 Å². The molecule has 37 heavy (non-hydrogen) atoms. The van der Waals surface area contributed by atoms with Crippen LogP contribution in [0.2, 0.25) is 0 Å². The molecule has 0 fully saturated rings. The summed E-state index contributed by atoms with van der Waals surface area (Å²) in [6.07, 6.45) is 12.3. The summed E-state index contributed by atoms with van der Waals surface area (Å²) < 4.78 is 12.8. The molecule has 4 aliphatic rings. The Labute approximate surface area is 219 Å². The fraction of sp³-hybridized carbons (Fsp3) is 0.200. The average Bonchev–Trinajstić information content (AvgIpc) is 3.20. The molecule has 2 heteroatoms. The molecule has 1 heterocycles. The van der Waals surface area contributed by atoms with Crippen LogP contribution in [-0.4, -0.2) is 7.11 Å². The molecule has 2 unspecified atom stereocenters. The summed E-state index contributed by atoms with van der Waals surface area (Å²) in [7, 11) is 1.70. The minimum Gasteiger partial charge on any atom is -0.497 e. The van der Waals surface area contributed by atoms with Gasteiger partial charge in [-0.05, 0) is 52.5 Å². The van der Waals surface area contributed by atoms with Crippen molar-refractivity contribution in [2.24, 2.45) is 5.92 Å². The van der Waals surface area contributed by atoms with Gasteiger partial charge in [-0.3, -0.25) is 0 Å². The number of hydrogen-bond donors (Lipinski definition) is 0. The lowest BCUT2D eigenvalue weighted by Gasteiger charge is -2.44. The van der Waals surface area contributed by atoms with Crippen LogP contribution in [-0.2, 0) is 15.8 Å². The van der Waals surface area contributed by atoms with E-state index in [4.69, 9.17) is 9.47 Å². The maximum Gasteiger partial charge on any atom is 0.177 e. The van der Waals surface area contributed by atoms with E-state index in [9.17, 15) is 0 Å². The maximum absolute atomic E-state index is 7.34. The highest BCUT2D eigenvalue weighted by Crippen LogP contribution is 2.60.